The summed E-state index contributed by atoms with van der Waals surface area (Å²) in [5.41, 5.74) is 0.577. The van der Waals surface area contributed by atoms with Crippen molar-refractivity contribution < 1.29 is 14.4 Å². The van der Waals surface area contributed by atoms with Gasteiger partial charge >= 0.3 is 0 Å². The molecule has 1 unspecified atom stereocenters. The number of aromatic hydroxyl groups is 1. The predicted molar refractivity (Wildman–Crippen MR) is 76.7 cm³/mol. The molecule has 0 radical (unpaired) electrons. The zero-order valence-electron chi connectivity index (χ0n) is 10.2. The van der Waals surface area contributed by atoms with E-state index in [9.17, 15) is 5.11 Å². The normalized spacial score (nSPS) is 18.9. The molecular weight excluding hydrogens is 359 g/mol. The second kappa shape index (κ2) is 5.46. The lowest BCUT2D eigenvalue weighted by molar-refractivity contribution is 0.185. The van der Waals surface area contributed by atoms with Crippen LogP contribution in [0.4, 0.5) is 0 Å². The van der Waals surface area contributed by atoms with E-state index in [0.29, 0.717) is 23.2 Å². The van der Waals surface area contributed by atoms with E-state index in [4.69, 9.17) is 9.26 Å². The van der Waals surface area contributed by atoms with Crippen LogP contribution in [0.3, 0.4) is 0 Å². The molecule has 1 aromatic carbocycles. The fourth-order valence-electron chi connectivity index (χ4n) is 2.13. The average Bonchev–Trinajstić information content (AvgIpc) is 3.04. The van der Waals surface area contributed by atoms with Crippen molar-refractivity contribution in [2.24, 2.45) is 5.92 Å². The molecule has 1 fully saturated rings. The molecular formula is C13H13IN2O3. The molecule has 1 aromatic heterocycles. The van der Waals surface area contributed by atoms with Crippen molar-refractivity contribution in [3.8, 4) is 17.2 Å². The molecule has 100 valence electrons. The molecule has 6 heteroatoms. The number of hydrogen-bond acceptors (Lipinski definition) is 5. The Balaban J connectivity index is 1.82. The fourth-order valence-corrected chi connectivity index (χ4v) is 2.62. The Kier molecular flexibility index (Phi) is 3.69. The predicted octanol–water partition coefficient (Wildman–Crippen LogP) is 2.63. The van der Waals surface area contributed by atoms with Crippen molar-refractivity contribution in [2.45, 2.75) is 12.8 Å². The topological polar surface area (TPSA) is 68.4 Å². The molecule has 3 rings (SSSR count). The Morgan fingerprint density at radius 3 is 3.11 bits per heavy atom. The van der Waals surface area contributed by atoms with Crippen molar-refractivity contribution in [3.05, 3.63) is 27.6 Å². The van der Waals surface area contributed by atoms with Crippen LogP contribution in [-0.4, -0.2) is 28.5 Å². The molecule has 1 saturated heterocycles. The smallest absolute Gasteiger partial charge is 0.261 e. The summed E-state index contributed by atoms with van der Waals surface area (Å²) in [4.78, 5) is 4.35. The standard InChI is InChI=1S/C13H13IN2O3/c14-9-1-2-11(17)10(6-9)13-15-12(16-19-13)5-8-3-4-18-7-8/h1-2,6,8,17H,3-5,7H2. The van der Waals surface area contributed by atoms with E-state index < -0.39 is 0 Å². The lowest BCUT2D eigenvalue weighted by Gasteiger charge is -2.01. The number of rotatable bonds is 3. The summed E-state index contributed by atoms with van der Waals surface area (Å²) in [5.74, 6) is 1.66. The summed E-state index contributed by atoms with van der Waals surface area (Å²) in [6, 6.07) is 5.28. The largest absolute Gasteiger partial charge is 0.507 e. The minimum atomic E-state index is 0.153. The van der Waals surface area contributed by atoms with Crippen LogP contribution < -0.4 is 0 Å². The van der Waals surface area contributed by atoms with Gasteiger partial charge in [0.15, 0.2) is 5.82 Å². The van der Waals surface area contributed by atoms with Crippen LogP contribution in [0.15, 0.2) is 22.7 Å². The molecule has 1 N–H and O–H groups in total. The molecule has 0 spiro atoms. The first-order chi connectivity index (χ1) is 9.22. The highest BCUT2D eigenvalue weighted by molar-refractivity contribution is 14.1. The molecule has 0 saturated carbocycles. The maximum absolute atomic E-state index is 9.83. The van der Waals surface area contributed by atoms with Gasteiger partial charge in [0.25, 0.3) is 5.89 Å². The number of phenols is 1. The minimum absolute atomic E-state index is 0.153. The number of halogens is 1. The van der Waals surface area contributed by atoms with Gasteiger partial charge in [-0.2, -0.15) is 4.98 Å². The van der Waals surface area contributed by atoms with E-state index in [1.54, 1.807) is 6.07 Å². The summed E-state index contributed by atoms with van der Waals surface area (Å²) in [7, 11) is 0. The zero-order chi connectivity index (χ0) is 13.2. The first-order valence-corrected chi connectivity index (χ1v) is 7.19. The van der Waals surface area contributed by atoms with Gasteiger partial charge in [0.05, 0.1) is 5.56 Å². The molecule has 1 aliphatic heterocycles. The van der Waals surface area contributed by atoms with Gasteiger partial charge in [-0.1, -0.05) is 5.16 Å². The summed E-state index contributed by atoms with van der Waals surface area (Å²) in [6.45, 7) is 1.57. The van der Waals surface area contributed by atoms with Crippen LogP contribution in [0, 0.1) is 9.49 Å². The van der Waals surface area contributed by atoms with Gasteiger partial charge in [-0.15, -0.1) is 0 Å². The lowest BCUT2D eigenvalue weighted by atomic mass is 10.1. The number of hydrogen-bond donors (Lipinski definition) is 1. The van der Waals surface area contributed by atoms with Gasteiger partial charge in [-0.25, -0.2) is 0 Å². The highest BCUT2D eigenvalue weighted by atomic mass is 127. The monoisotopic (exact) mass is 372 g/mol. The Hall–Kier alpha value is -1.15. The molecule has 1 aliphatic rings. The van der Waals surface area contributed by atoms with Gasteiger partial charge < -0.3 is 14.4 Å². The van der Waals surface area contributed by atoms with E-state index in [0.717, 1.165) is 29.6 Å². The van der Waals surface area contributed by atoms with Crippen molar-refractivity contribution in [2.75, 3.05) is 13.2 Å². The summed E-state index contributed by atoms with van der Waals surface area (Å²) in [6.07, 6.45) is 1.80. The van der Waals surface area contributed by atoms with Gasteiger partial charge in [0, 0.05) is 23.2 Å². The van der Waals surface area contributed by atoms with E-state index in [2.05, 4.69) is 32.7 Å². The fraction of sp³-hybridized carbons (Fsp3) is 0.385. The summed E-state index contributed by atoms with van der Waals surface area (Å²) in [5, 5.41) is 13.8. The van der Waals surface area contributed by atoms with Gasteiger partial charge in [-0.05, 0) is 53.1 Å². The van der Waals surface area contributed by atoms with Crippen LogP contribution in [0.5, 0.6) is 5.75 Å². The molecule has 5 nitrogen and oxygen atoms in total. The van der Waals surface area contributed by atoms with E-state index >= 15 is 0 Å². The molecule has 2 heterocycles. The van der Waals surface area contributed by atoms with E-state index in [-0.39, 0.29) is 5.75 Å². The number of phenolic OH excluding ortho intramolecular Hbond substituents is 1. The Morgan fingerprint density at radius 2 is 2.32 bits per heavy atom. The third-order valence-corrected chi connectivity index (χ3v) is 3.82. The SMILES string of the molecule is Oc1ccc(I)cc1-c1nc(CC2CCOC2)no1. The molecule has 2 aromatic rings. The maximum atomic E-state index is 9.83. The van der Waals surface area contributed by atoms with Gasteiger partial charge in [-0.3, -0.25) is 0 Å². The second-order valence-electron chi connectivity index (χ2n) is 4.61. The molecule has 0 aliphatic carbocycles. The Morgan fingerprint density at radius 1 is 1.42 bits per heavy atom. The summed E-state index contributed by atoms with van der Waals surface area (Å²) >= 11 is 2.18. The average molecular weight is 372 g/mol. The lowest BCUT2D eigenvalue weighted by Crippen LogP contribution is -2.04. The number of benzene rings is 1. The van der Waals surface area contributed by atoms with Crippen molar-refractivity contribution in [1.29, 1.82) is 0 Å². The van der Waals surface area contributed by atoms with Crippen LogP contribution in [0.1, 0.15) is 12.2 Å². The van der Waals surface area contributed by atoms with Crippen molar-refractivity contribution in [3.63, 3.8) is 0 Å². The molecule has 19 heavy (non-hydrogen) atoms. The highest BCUT2D eigenvalue weighted by Crippen LogP contribution is 2.29. The van der Waals surface area contributed by atoms with Gasteiger partial charge in [0.2, 0.25) is 0 Å². The van der Waals surface area contributed by atoms with Crippen LogP contribution in [0.2, 0.25) is 0 Å². The van der Waals surface area contributed by atoms with E-state index in [1.807, 2.05) is 12.1 Å². The highest BCUT2D eigenvalue weighted by Gasteiger charge is 2.20. The number of aromatic nitrogens is 2. The quantitative estimate of drug-likeness (QED) is 0.840. The first kappa shape index (κ1) is 12.9. The minimum Gasteiger partial charge on any atom is -0.507 e. The Labute approximate surface area is 124 Å². The third kappa shape index (κ3) is 2.89. The van der Waals surface area contributed by atoms with Crippen LogP contribution >= 0.6 is 22.6 Å². The third-order valence-electron chi connectivity index (χ3n) is 3.15. The van der Waals surface area contributed by atoms with Crippen LogP contribution in [0.25, 0.3) is 11.5 Å². The first-order valence-electron chi connectivity index (χ1n) is 6.11. The van der Waals surface area contributed by atoms with Gasteiger partial charge in [0.1, 0.15) is 5.75 Å². The van der Waals surface area contributed by atoms with Crippen LogP contribution in [-0.2, 0) is 11.2 Å². The number of nitrogens with zero attached hydrogens (tertiary/aromatic N) is 2. The molecule has 0 amide bonds. The van der Waals surface area contributed by atoms with Crippen molar-refractivity contribution >= 4 is 22.6 Å². The van der Waals surface area contributed by atoms with E-state index in [1.165, 1.54) is 0 Å². The molecule has 1 atom stereocenters. The van der Waals surface area contributed by atoms with Crippen molar-refractivity contribution in [1.82, 2.24) is 10.1 Å². The summed E-state index contributed by atoms with van der Waals surface area (Å²) < 4.78 is 11.6. The maximum Gasteiger partial charge on any atom is 0.261 e. The Bertz CT molecular complexity index is 579. The zero-order valence-corrected chi connectivity index (χ0v) is 12.3. The second-order valence-corrected chi connectivity index (χ2v) is 5.86. The number of ether oxygens (including phenoxy) is 1. The molecule has 0 bridgehead atoms.